The molecule has 0 saturated carbocycles. The maximum Gasteiger partial charge on any atom is 0.337 e. The predicted octanol–water partition coefficient (Wildman–Crippen LogP) is 1.65. The van der Waals surface area contributed by atoms with Gasteiger partial charge < -0.3 is 10.8 Å². The highest BCUT2D eigenvalue weighted by Gasteiger charge is 2.06. The number of nitrogen functional groups attached to an aromatic ring is 1. The molecule has 3 N–H and O–H groups in total. The number of carboxylic acids is 1. The summed E-state index contributed by atoms with van der Waals surface area (Å²) in [4.78, 5) is 10.4. The summed E-state index contributed by atoms with van der Waals surface area (Å²) < 4.78 is 0. The zero-order valence-electron chi connectivity index (χ0n) is 6.44. The number of hydrogen-bond donors (Lipinski definition) is 2. The van der Waals surface area contributed by atoms with Crippen LogP contribution in [0.25, 0.3) is 0 Å². The number of nitrogens with zero attached hydrogens (tertiary/aromatic N) is 2. The minimum atomic E-state index is -1.04. The Morgan fingerprint density at radius 2 is 2.00 bits per heavy atom. The zero-order chi connectivity index (χ0) is 10.4. The van der Waals surface area contributed by atoms with Gasteiger partial charge in [0.15, 0.2) is 0 Å². The van der Waals surface area contributed by atoms with E-state index in [2.05, 4.69) is 0 Å². The molecule has 0 atom stereocenters. The van der Waals surface area contributed by atoms with Crippen molar-refractivity contribution >= 4 is 23.3 Å². The topological polar surface area (TPSA) is 111 Å². The second-order valence-corrected chi connectivity index (χ2v) is 2.47. The maximum absolute atomic E-state index is 10.4. The molecule has 13 heavy (non-hydrogen) atoms. The van der Waals surface area contributed by atoms with E-state index in [1.54, 1.807) is 0 Å². The van der Waals surface area contributed by atoms with Crippen molar-refractivity contribution in [2.75, 3.05) is 5.73 Å². The van der Waals surface area contributed by atoms with E-state index in [0.717, 1.165) is 0 Å². The van der Waals surface area contributed by atoms with Gasteiger partial charge in [0.05, 0.1) is 5.56 Å². The molecule has 0 aliphatic rings. The highest BCUT2D eigenvalue weighted by molar-refractivity contribution is 6.31. The van der Waals surface area contributed by atoms with Crippen LogP contribution < -0.4 is 5.73 Å². The van der Waals surface area contributed by atoms with E-state index < -0.39 is 5.97 Å². The number of nitrogens with two attached hydrogens (primary N) is 1. The third-order valence-corrected chi connectivity index (χ3v) is 1.48. The van der Waals surface area contributed by atoms with Crippen molar-refractivity contribution in [1.29, 1.82) is 10.8 Å². The van der Waals surface area contributed by atoms with E-state index in [4.69, 9.17) is 33.2 Å². The number of carbonyl (C=O) groups is 1. The molecule has 5 nitrogen and oxygen atoms in total. The summed E-state index contributed by atoms with van der Waals surface area (Å²) in [5.41, 5.74) is 5.62. The second-order valence-electron chi connectivity index (χ2n) is 2.04. The molecule has 0 radical (unpaired) electrons. The number of halogens is 1. The summed E-state index contributed by atoms with van der Waals surface area (Å²) in [7, 11) is 0. The average Bonchev–Trinajstić information content (AvgIpc) is 2.07. The number of rotatable bonds is 1. The van der Waals surface area contributed by atoms with Crippen LogP contribution in [0.4, 0.5) is 5.69 Å². The Balaban J connectivity index is 0.000000671. The van der Waals surface area contributed by atoms with Crippen molar-refractivity contribution in [2.45, 2.75) is 0 Å². The fourth-order valence-corrected chi connectivity index (χ4v) is 0.909. The number of anilines is 1. The summed E-state index contributed by atoms with van der Waals surface area (Å²) >= 11 is 5.55. The maximum atomic E-state index is 10.4. The first kappa shape index (κ1) is 11.2. The fourth-order valence-electron chi connectivity index (χ4n) is 0.728. The largest absolute Gasteiger partial charge is 0.478 e. The SMILES string of the molecule is N#N.Nc1cc(Cl)ccc1C(=O)O. The van der Waals surface area contributed by atoms with Gasteiger partial charge in [0.2, 0.25) is 0 Å². The minimum absolute atomic E-state index is 0.0781. The third kappa shape index (κ3) is 2.97. The van der Waals surface area contributed by atoms with Crippen molar-refractivity contribution in [1.82, 2.24) is 0 Å². The molecule has 1 aromatic carbocycles. The van der Waals surface area contributed by atoms with Gasteiger partial charge in [0.1, 0.15) is 0 Å². The minimum Gasteiger partial charge on any atom is -0.478 e. The van der Waals surface area contributed by atoms with Crippen LogP contribution in [0, 0.1) is 10.8 Å². The standard InChI is InChI=1S/C7H6ClNO2.N2/c8-4-1-2-5(7(10)11)6(9)3-4;1-2/h1-3H,9H2,(H,10,11);. The van der Waals surface area contributed by atoms with Crippen LogP contribution in [0.15, 0.2) is 18.2 Å². The van der Waals surface area contributed by atoms with E-state index in [1.807, 2.05) is 0 Å². The number of aromatic carboxylic acids is 1. The lowest BCUT2D eigenvalue weighted by atomic mass is 10.2. The highest BCUT2D eigenvalue weighted by atomic mass is 35.5. The van der Waals surface area contributed by atoms with Crippen molar-refractivity contribution in [3.05, 3.63) is 28.8 Å². The van der Waals surface area contributed by atoms with Gasteiger partial charge in [-0.15, -0.1) is 0 Å². The van der Waals surface area contributed by atoms with Crippen molar-refractivity contribution in [3.8, 4) is 0 Å². The van der Waals surface area contributed by atoms with Gasteiger partial charge in [-0.05, 0) is 18.2 Å². The first-order chi connectivity index (χ1) is 6.11. The molecule has 0 amide bonds. The molecule has 0 saturated heterocycles. The molecule has 6 heteroatoms. The lowest BCUT2D eigenvalue weighted by Gasteiger charge is -1.98. The second kappa shape index (κ2) is 4.95. The van der Waals surface area contributed by atoms with Gasteiger partial charge in [-0.3, -0.25) is 0 Å². The lowest BCUT2D eigenvalue weighted by molar-refractivity contribution is 0.0698. The monoisotopic (exact) mass is 199 g/mol. The van der Waals surface area contributed by atoms with Crippen LogP contribution in [0.3, 0.4) is 0 Å². The van der Waals surface area contributed by atoms with Gasteiger partial charge in [-0.1, -0.05) is 11.6 Å². The molecule has 1 aromatic rings. The number of hydrogen-bond acceptors (Lipinski definition) is 4. The fraction of sp³-hybridized carbons (Fsp3) is 0. The third-order valence-electron chi connectivity index (χ3n) is 1.24. The molecule has 0 unspecified atom stereocenters. The quantitative estimate of drug-likeness (QED) is 0.528. The Kier molecular flexibility index (Phi) is 4.27. The molecule has 0 fully saturated rings. The molecule has 0 spiro atoms. The molecule has 0 bridgehead atoms. The number of carboxylic acid groups (broad SMARTS) is 1. The van der Waals surface area contributed by atoms with E-state index in [1.165, 1.54) is 18.2 Å². The lowest BCUT2D eigenvalue weighted by Crippen LogP contribution is -2.01. The highest BCUT2D eigenvalue weighted by Crippen LogP contribution is 2.17. The van der Waals surface area contributed by atoms with E-state index in [0.29, 0.717) is 5.02 Å². The Hall–Kier alpha value is -1.80. The van der Waals surface area contributed by atoms with E-state index in [-0.39, 0.29) is 11.3 Å². The molecule has 0 aliphatic heterocycles. The summed E-state index contributed by atoms with van der Waals surface area (Å²) in [5.74, 6) is -1.04. The molecule has 0 aliphatic carbocycles. The first-order valence-electron chi connectivity index (χ1n) is 3.09. The van der Waals surface area contributed by atoms with Gasteiger partial charge in [0.25, 0.3) is 0 Å². The van der Waals surface area contributed by atoms with Crippen LogP contribution >= 0.6 is 11.6 Å². The van der Waals surface area contributed by atoms with Gasteiger partial charge in [-0.25, -0.2) is 4.79 Å². The Morgan fingerprint density at radius 1 is 1.46 bits per heavy atom. The van der Waals surface area contributed by atoms with Crippen LogP contribution in [0.1, 0.15) is 10.4 Å². The van der Waals surface area contributed by atoms with Gasteiger partial charge in [0, 0.05) is 21.5 Å². The Labute approximate surface area is 79.2 Å². The molecule has 0 aromatic heterocycles. The van der Waals surface area contributed by atoms with E-state index >= 15 is 0 Å². The van der Waals surface area contributed by atoms with Crippen molar-refractivity contribution < 1.29 is 9.90 Å². The molecule has 1 rings (SSSR count). The zero-order valence-corrected chi connectivity index (χ0v) is 7.19. The van der Waals surface area contributed by atoms with Gasteiger partial charge in [-0.2, -0.15) is 0 Å². The summed E-state index contributed by atoms with van der Waals surface area (Å²) in [6, 6.07) is 4.27. The van der Waals surface area contributed by atoms with Crippen LogP contribution in [-0.4, -0.2) is 11.1 Å². The number of benzene rings is 1. The van der Waals surface area contributed by atoms with Crippen LogP contribution in [0.2, 0.25) is 5.02 Å². The predicted molar refractivity (Wildman–Crippen MR) is 46.3 cm³/mol. The Bertz CT molecular complexity index is 338. The smallest absolute Gasteiger partial charge is 0.337 e. The normalized spacial score (nSPS) is 8.23. The Morgan fingerprint density at radius 3 is 2.38 bits per heavy atom. The van der Waals surface area contributed by atoms with Crippen LogP contribution in [0.5, 0.6) is 0 Å². The van der Waals surface area contributed by atoms with Gasteiger partial charge >= 0.3 is 5.97 Å². The molecule has 68 valence electrons. The summed E-state index contributed by atoms with van der Waals surface area (Å²) in [5, 5.41) is 21.0. The molecular formula is C7H6ClN3O2. The van der Waals surface area contributed by atoms with Crippen molar-refractivity contribution in [3.63, 3.8) is 0 Å². The van der Waals surface area contributed by atoms with E-state index in [9.17, 15) is 4.79 Å². The molecular weight excluding hydrogens is 194 g/mol. The summed E-state index contributed by atoms with van der Waals surface area (Å²) in [6.07, 6.45) is 0. The first-order valence-corrected chi connectivity index (χ1v) is 3.47. The van der Waals surface area contributed by atoms with Crippen molar-refractivity contribution in [2.24, 2.45) is 0 Å². The summed E-state index contributed by atoms with van der Waals surface area (Å²) in [6.45, 7) is 0. The average molecular weight is 200 g/mol. The van der Waals surface area contributed by atoms with Crippen LogP contribution in [-0.2, 0) is 0 Å². The molecule has 0 heterocycles.